The quantitative estimate of drug-likeness (QED) is 0.245. The van der Waals surface area contributed by atoms with Crippen LogP contribution in [-0.4, -0.2) is 73.1 Å². The standard InChI is InChI=1S/C13H29N2O7P/c1-13(2,3)21-12(16)14-8-7-9-20-11(10-15(4,5)6)22-23(17,18)19/h11H,7-10H2,1-6H3,(H2-,14,16,17,18,19)/p+1. The number of likely N-dealkylation sites (N-methyl/N-ethyl adjacent to an activating group) is 1. The number of alkyl carbamates (subject to hydrolysis) is 1. The molecule has 0 aromatic heterocycles. The van der Waals surface area contributed by atoms with Crippen LogP contribution in [-0.2, 0) is 18.6 Å². The van der Waals surface area contributed by atoms with E-state index in [0.29, 0.717) is 17.4 Å². The number of nitrogens with zero attached hydrogens (tertiary/aromatic N) is 1. The van der Waals surface area contributed by atoms with Gasteiger partial charge in [0.15, 0.2) is 0 Å². The van der Waals surface area contributed by atoms with Crippen LogP contribution in [0.2, 0.25) is 0 Å². The van der Waals surface area contributed by atoms with E-state index in [1.165, 1.54) is 0 Å². The van der Waals surface area contributed by atoms with Crippen LogP contribution in [0, 0.1) is 0 Å². The first-order valence-electron chi connectivity index (χ1n) is 7.31. The summed E-state index contributed by atoms with van der Waals surface area (Å²) in [6.45, 7) is 6.08. The van der Waals surface area contributed by atoms with Crippen LogP contribution in [0.4, 0.5) is 4.79 Å². The molecule has 0 aliphatic heterocycles. The number of phosphoric acid groups is 1. The third kappa shape index (κ3) is 16.0. The summed E-state index contributed by atoms with van der Waals surface area (Å²) in [5.41, 5.74) is -0.562. The van der Waals surface area contributed by atoms with Crippen LogP contribution in [0.15, 0.2) is 0 Å². The normalized spacial score (nSPS) is 14.4. The second-order valence-corrected chi connectivity index (χ2v) is 8.34. The van der Waals surface area contributed by atoms with E-state index in [9.17, 15) is 9.36 Å². The molecule has 0 spiro atoms. The Morgan fingerprint density at radius 1 is 1.26 bits per heavy atom. The molecule has 1 amide bonds. The smallest absolute Gasteiger partial charge is 0.444 e. The van der Waals surface area contributed by atoms with E-state index in [0.717, 1.165) is 0 Å². The van der Waals surface area contributed by atoms with Gasteiger partial charge in [0.25, 0.3) is 0 Å². The average Bonchev–Trinajstić information content (AvgIpc) is 2.20. The molecule has 0 saturated heterocycles. The molecule has 0 aromatic carbocycles. The minimum Gasteiger partial charge on any atom is -0.444 e. The predicted molar refractivity (Wildman–Crippen MR) is 84.6 cm³/mol. The Bertz CT molecular complexity index is 412. The monoisotopic (exact) mass is 357 g/mol. The Morgan fingerprint density at radius 3 is 2.26 bits per heavy atom. The lowest BCUT2D eigenvalue weighted by Gasteiger charge is -2.29. The van der Waals surface area contributed by atoms with Gasteiger partial charge in [-0.25, -0.2) is 9.36 Å². The van der Waals surface area contributed by atoms with Crippen molar-refractivity contribution in [3.05, 3.63) is 0 Å². The fraction of sp³-hybridized carbons (Fsp3) is 0.923. The number of amides is 1. The molecule has 0 radical (unpaired) electrons. The number of quaternary nitrogens is 1. The van der Waals surface area contributed by atoms with Crippen LogP contribution < -0.4 is 5.32 Å². The first-order chi connectivity index (χ1) is 10.2. The molecule has 1 unspecified atom stereocenters. The maximum Gasteiger partial charge on any atom is 0.472 e. The number of hydrogen-bond acceptors (Lipinski definition) is 5. The van der Waals surface area contributed by atoms with Crippen LogP contribution in [0.3, 0.4) is 0 Å². The van der Waals surface area contributed by atoms with E-state index < -0.39 is 25.8 Å². The summed E-state index contributed by atoms with van der Waals surface area (Å²) >= 11 is 0. The highest BCUT2D eigenvalue weighted by Gasteiger charge is 2.27. The molecule has 0 aliphatic rings. The third-order valence-corrected chi connectivity index (χ3v) is 2.75. The van der Waals surface area contributed by atoms with Gasteiger partial charge < -0.3 is 29.1 Å². The number of nitrogens with one attached hydrogen (secondary N) is 1. The number of ether oxygens (including phenoxy) is 2. The Kier molecular flexibility index (Phi) is 8.69. The van der Waals surface area contributed by atoms with Gasteiger partial charge in [0.1, 0.15) is 12.1 Å². The Balaban J connectivity index is 4.13. The lowest BCUT2D eigenvalue weighted by Crippen LogP contribution is -2.43. The molecule has 0 bridgehead atoms. The van der Waals surface area contributed by atoms with Gasteiger partial charge in [0.2, 0.25) is 6.29 Å². The highest BCUT2D eigenvalue weighted by atomic mass is 31.2. The van der Waals surface area contributed by atoms with Crippen molar-refractivity contribution in [1.82, 2.24) is 5.32 Å². The summed E-state index contributed by atoms with van der Waals surface area (Å²) in [5, 5.41) is 2.57. The fourth-order valence-electron chi connectivity index (χ4n) is 1.51. The molecule has 9 nitrogen and oxygen atoms in total. The van der Waals surface area contributed by atoms with Gasteiger partial charge in [-0.15, -0.1) is 0 Å². The zero-order valence-electron chi connectivity index (χ0n) is 14.7. The van der Waals surface area contributed by atoms with E-state index in [1.54, 1.807) is 20.8 Å². The molecule has 3 N–H and O–H groups in total. The van der Waals surface area contributed by atoms with E-state index in [-0.39, 0.29) is 13.2 Å². The molecule has 0 aliphatic carbocycles. The Morgan fingerprint density at radius 2 is 1.83 bits per heavy atom. The molecule has 0 heterocycles. The highest BCUT2D eigenvalue weighted by molar-refractivity contribution is 7.46. The topological polar surface area (TPSA) is 114 Å². The number of carbonyl (C=O) groups excluding carboxylic acids is 1. The van der Waals surface area contributed by atoms with Gasteiger partial charge in [-0.2, -0.15) is 0 Å². The Hall–Kier alpha value is -0.700. The molecule has 1 atom stereocenters. The summed E-state index contributed by atoms with van der Waals surface area (Å²) in [7, 11) is 0.925. The van der Waals surface area contributed by atoms with Gasteiger partial charge in [-0.05, 0) is 27.2 Å². The van der Waals surface area contributed by atoms with Crippen molar-refractivity contribution in [3.8, 4) is 0 Å². The lowest BCUT2D eigenvalue weighted by molar-refractivity contribution is -0.876. The van der Waals surface area contributed by atoms with E-state index in [1.807, 2.05) is 21.1 Å². The van der Waals surface area contributed by atoms with Gasteiger partial charge in [-0.1, -0.05) is 0 Å². The van der Waals surface area contributed by atoms with Crippen molar-refractivity contribution in [2.45, 2.75) is 39.1 Å². The van der Waals surface area contributed by atoms with Crippen LogP contribution in [0.1, 0.15) is 27.2 Å². The number of phosphoric ester groups is 1. The van der Waals surface area contributed by atoms with E-state index in [2.05, 4.69) is 9.84 Å². The van der Waals surface area contributed by atoms with Crippen molar-refractivity contribution in [2.24, 2.45) is 0 Å². The van der Waals surface area contributed by atoms with Crippen molar-refractivity contribution >= 4 is 13.9 Å². The van der Waals surface area contributed by atoms with Gasteiger partial charge in [0, 0.05) is 6.54 Å². The van der Waals surface area contributed by atoms with Crippen LogP contribution in [0.5, 0.6) is 0 Å². The summed E-state index contributed by atoms with van der Waals surface area (Å²) in [6, 6.07) is 0. The van der Waals surface area contributed by atoms with Gasteiger partial charge >= 0.3 is 13.9 Å². The highest BCUT2D eigenvalue weighted by Crippen LogP contribution is 2.38. The second-order valence-electron chi connectivity index (χ2n) is 7.15. The number of hydrogen-bond donors (Lipinski definition) is 3. The summed E-state index contributed by atoms with van der Waals surface area (Å²) in [5.74, 6) is 0. The maximum atomic E-state index is 11.4. The van der Waals surface area contributed by atoms with E-state index in [4.69, 9.17) is 19.3 Å². The summed E-state index contributed by atoms with van der Waals surface area (Å²) in [6.07, 6.45) is -1.10. The third-order valence-electron chi connectivity index (χ3n) is 2.24. The average molecular weight is 357 g/mol. The SMILES string of the molecule is CC(C)(C)OC(=O)NCCCOC(C[N+](C)(C)C)OP(=O)(O)O. The molecular weight excluding hydrogens is 327 g/mol. The second kappa shape index (κ2) is 8.96. The van der Waals surface area contributed by atoms with Crippen LogP contribution in [0.25, 0.3) is 0 Å². The van der Waals surface area contributed by atoms with Crippen molar-refractivity contribution < 1.29 is 37.6 Å². The molecule has 23 heavy (non-hydrogen) atoms. The molecule has 0 fully saturated rings. The lowest BCUT2D eigenvalue weighted by atomic mass is 10.2. The minimum absolute atomic E-state index is 0.181. The first kappa shape index (κ1) is 22.3. The van der Waals surface area contributed by atoms with Crippen molar-refractivity contribution in [1.29, 1.82) is 0 Å². The van der Waals surface area contributed by atoms with Gasteiger partial charge in [0.05, 0.1) is 27.7 Å². The fourth-order valence-corrected chi connectivity index (χ4v) is 1.94. The zero-order valence-corrected chi connectivity index (χ0v) is 15.6. The largest absolute Gasteiger partial charge is 0.472 e. The predicted octanol–water partition coefficient (Wildman–Crippen LogP) is 1.06. The molecule has 0 rings (SSSR count). The van der Waals surface area contributed by atoms with E-state index >= 15 is 0 Å². The van der Waals surface area contributed by atoms with Crippen LogP contribution >= 0.6 is 7.82 Å². The minimum atomic E-state index is -4.63. The number of rotatable bonds is 9. The van der Waals surface area contributed by atoms with Crippen molar-refractivity contribution in [3.63, 3.8) is 0 Å². The molecule has 10 heteroatoms. The molecule has 138 valence electrons. The zero-order chi connectivity index (χ0) is 18.3. The number of carbonyl (C=O) groups is 1. The summed E-state index contributed by atoms with van der Waals surface area (Å²) < 4.78 is 26.4. The molecular formula is C13H30N2O7P+. The molecule has 0 aromatic rings. The molecule has 0 saturated carbocycles. The maximum absolute atomic E-state index is 11.4. The van der Waals surface area contributed by atoms with Gasteiger partial charge in [-0.3, -0.25) is 4.52 Å². The van der Waals surface area contributed by atoms with Crippen molar-refractivity contribution in [2.75, 3.05) is 40.8 Å². The Labute approximate surface area is 137 Å². The first-order valence-corrected chi connectivity index (χ1v) is 8.84. The summed E-state index contributed by atoms with van der Waals surface area (Å²) in [4.78, 5) is 29.2.